The van der Waals surface area contributed by atoms with E-state index in [1.807, 2.05) is 6.20 Å². The number of nitrogens with zero attached hydrogens (tertiary/aromatic N) is 2. The van der Waals surface area contributed by atoms with E-state index in [1.165, 1.54) is 16.9 Å². The maximum absolute atomic E-state index is 5.41. The number of rotatable bonds is 3. The minimum absolute atomic E-state index is 0.304. The molecule has 5 nitrogen and oxygen atoms in total. The monoisotopic (exact) mass is 324 g/mol. The molecule has 0 spiro atoms. The minimum atomic E-state index is 0.304. The third-order valence-electron chi connectivity index (χ3n) is 4.77. The molecule has 1 aromatic carbocycles. The smallest absolute Gasteiger partial charge is 0.126 e. The van der Waals surface area contributed by atoms with Gasteiger partial charge in [0.05, 0.1) is 31.1 Å². The van der Waals surface area contributed by atoms with Gasteiger partial charge in [-0.05, 0) is 36.6 Å². The first-order chi connectivity index (χ1) is 11.9. The molecular formula is C19H24N4O. The van der Waals surface area contributed by atoms with Crippen LogP contribution in [0.1, 0.15) is 24.4 Å². The molecule has 0 amide bonds. The summed E-state index contributed by atoms with van der Waals surface area (Å²) < 4.78 is 5.41. The molecule has 126 valence electrons. The Labute approximate surface area is 143 Å². The average Bonchev–Trinajstić information content (AvgIpc) is 2.86. The summed E-state index contributed by atoms with van der Waals surface area (Å²) in [6.45, 7) is 4.50. The number of benzene rings is 1. The van der Waals surface area contributed by atoms with E-state index in [1.54, 1.807) is 0 Å². The predicted molar refractivity (Wildman–Crippen MR) is 97.8 cm³/mol. The predicted octanol–water partition coefficient (Wildman–Crippen LogP) is 3.28. The van der Waals surface area contributed by atoms with E-state index in [0.717, 1.165) is 51.5 Å². The molecule has 1 aromatic heterocycles. The fraction of sp³-hybridized carbons (Fsp3) is 0.421. The second kappa shape index (κ2) is 7.09. The van der Waals surface area contributed by atoms with Crippen molar-refractivity contribution < 1.29 is 4.74 Å². The van der Waals surface area contributed by atoms with Crippen molar-refractivity contribution in [3.05, 3.63) is 48.2 Å². The minimum Gasteiger partial charge on any atom is -0.385 e. The van der Waals surface area contributed by atoms with Crippen LogP contribution < -0.4 is 15.5 Å². The molecule has 2 aliphatic rings. The van der Waals surface area contributed by atoms with E-state index in [0.29, 0.717) is 6.04 Å². The van der Waals surface area contributed by atoms with Gasteiger partial charge in [-0.1, -0.05) is 18.2 Å². The first kappa shape index (κ1) is 15.3. The molecule has 1 unspecified atom stereocenters. The lowest BCUT2D eigenvalue weighted by Crippen LogP contribution is -2.36. The maximum atomic E-state index is 5.41. The molecule has 1 fully saturated rings. The number of aromatic nitrogens is 1. The quantitative estimate of drug-likeness (QED) is 0.907. The van der Waals surface area contributed by atoms with Crippen molar-refractivity contribution in [2.75, 3.05) is 48.4 Å². The van der Waals surface area contributed by atoms with Crippen LogP contribution in [0.15, 0.2) is 42.6 Å². The molecule has 0 radical (unpaired) electrons. The zero-order chi connectivity index (χ0) is 16.2. The number of anilines is 3. The lowest BCUT2D eigenvalue weighted by molar-refractivity contribution is 0.122. The Balaban J connectivity index is 1.49. The third-order valence-corrected chi connectivity index (χ3v) is 4.77. The standard InChI is InChI=1S/C19H24N4O/c1-2-5-17-16(4-1)18(6-3-9-20-17)22-19-8-7-15(14-21-19)23-10-12-24-13-11-23/h1-2,4-5,7-8,14,18,20H,3,6,9-13H2,(H,21,22). The van der Waals surface area contributed by atoms with Gasteiger partial charge in [-0.25, -0.2) is 4.98 Å². The highest BCUT2D eigenvalue weighted by Gasteiger charge is 2.18. The van der Waals surface area contributed by atoms with Crippen LogP contribution in [0.3, 0.4) is 0 Å². The topological polar surface area (TPSA) is 49.4 Å². The van der Waals surface area contributed by atoms with E-state index < -0.39 is 0 Å². The molecule has 5 heteroatoms. The summed E-state index contributed by atoms with van der Waals surface area (Å²) in [5.41, 5.74) is 3.73. The maximum Gasteiger partial charge on any atom is 0.126 e. The van der Waals surface area contributed by atoms with Crippen molar-refractivity contribution in [3.63, 3.8) is 0 Å². The summed E-state index contributed by atoms with van der Waals surface area (Å²) in [4.78, 5) is 6.96. The Hall–Kier alpha value is -2.27. The van der Waals surface area contributed by atoms with Gasteiger partial charge in [0.2, 0.25) is 0 Å². The number of para-hydroxylation sites is 1. The Kier molecular flexibility index (Phi) is 4.51. The van der Waals surface area contributed by atoms with E-state index >= 15 is 0 Å². The highest BCUT2D eigenvalue weighted by Crippen LogP contribution is 2.31. The number of pyridine rings is 1. The Morgan fingerprint density at radius 1 is 1.12 bits per heavy atom. The SMILES string of the molecule is c1ccc2c(c1)NCCCC2Nc1ccc(N2CCOCC2)cn1. The van der Waals surface area contributed by atoms with Crippen LogP contribution in [0, 0.1) is 0 Å². The van der Waals surface area contributed by atoms with Crippen LogP contribution in [0.2, 0.25) is 0 Å². The van der Waals surface area contributed by atoms with E-state index in [4.69, 9.17) is 4.74 Å². The molecule has 4 rings (SSSR count). The fourth-order valence-electron chi connectivity index (χ4n) is 3.46. The molecule has 0 bridgehead atoms. The molecule has 3 heterocycles. The van der Waals surface area contributed by atoms with Crippen molar-refractivity contribution in [3.8, 4) is 0 Å². The van der Waals surface area contributed by atoms with Crippen LogP contribution in [0.25, 0.3) is 0 Å². The zero-order valence-electron chi connectivity index (χ0n) is 13.9. The van der Waals surface area contributed by atoms with Gasteiger partial charge in [0.1, 0.15) is 5.82 Å². The van der Waals surface area contributed by atoms with E-state index in [-0.39, 0.29) is 0 Å². The summed E-state index contributed by atoms with van der Waals surface area (Å²) in [5, 5.41) is 7.13. The first-order valence-corrected chi connectivity index (χ1v) is 8.78. The van der Waals surface area contributed by atoms with Crippen LogP contribution in [0.5, 0.6) is 0 Å². The fourth-order valence-corrected chi connectivity index (χ4v) is 3.46. The number of hydrogen-bond acceptors (Lipinski definition) is 5. The van der Waals surface area contributed by atoms with Crippen LogP contribution in [-0.2, 0) is 4.74 Å². The third kappa shape index (κ3) is 3.31. The molecule has 1 atom stereocenters. The Morgan fingerprint density at radius 2 is 2.00 bits per heavy atom. The van der Waals surface area contributed by atoms with Gasteiger partial charge < -0.3 is 20.3 Å². The Morgan fingerprint density at radius 3 is 2.83 bits per heavy atom. The van der Waals surface area contributed by atoms with Crippen molar-refractivity contribution in [1.29, 1.82) is 0 Å². The molecule has 1 saturated heterocycles. The average molecular weight is 324 g/mol. The van der Waals surface area contributed by atoms with Gasteiger partial charge in [-0.3, -0.25) is 0 Å². The number of nitrogens with one attached hydrogen (secondary N) is 2. The van der Waals surface area contributed by atoms with Gasteiger partial charge in [0.15, 0.2) is 0 Å². The van der Waals surface area contributed by atoms with Gasteiger partial charge >= 0.3 is 0 Å². The second-order valence-corrected chi connectivity index (χ2v) is 6.35. The molecule has 0 saturated carbocycles. The number of morpholine rings is 1. The normalized spacial score (nSPS) is 20.7. The van der Waals surface area contributed by atoms with Crippen molar-refractivity contribution in [2.45, 2.75) is 18.9 Å². The van der Waals surface area contributed by atoms with Gasteiger partial charge in [-0.2, -0.15) is 0 Å². The number of hydrogen-bond donors (Lipinski definition) is 2. The molecular weight excluding hydrogens is 300 g/mol. The van der Waals surface area contributed by atoms with Gasteiger partial charge in [-0.15, -0.1) is 0 Å². The van der Waals surface area contributed by atoms with Crippen molar-refractivity contribution in [1.82, 2.24) is 4.98 Å². The molecule has 2 N–H and O–H groups in total. The van der Waals surface area contributed by atoms with Crippen molar-refractivity contribution in [2.24, 2.45) is 0 Å². The highest BCUT2D eigenvalue weighted by molar-refractivity contribution is 5.56. The highest BCUT2D eigenvalue weighted by atomic mass is 16.5. The van der Waals surface area contributed by atoms with E-state index in [9.17, 15) is 0 Å². The first-order valence-electron chi connectivity index (χ1n) is 8.78. The summed E-state index contributed by atoms with van der Waals surface area (Å²) in [7, 11) is 0. The summed E-state index contributed by atoms with van der Waals surface area (Å²) in [6, 6.07) is 13.1. The van der Waals surface area contributed by atoms with Crippen LogP contribution >= 0.6 is 0 Å². The van der Waals surface area contributed by atoms with E-state index in [2.05, 4.69) is 56.9 Å². The van der Waals surface area contributed by atoms with Crippen molar-refractivity contribution >= 4 is 17.2 Å². The second-order valence-electron chi connectivity index (χ2n) is 6.35. The zero-order valence-corrected chi connectivity index (χ0v) is 13.9. The number of fused-ring (bicyclic) bond motifs is 1. The lowest BCUT2D eigenvalue weighted by atomic mass is 10.0. The number of ether oxygens (including phenoxy) is 1. The largest absolute Gasteiger partial charge is 0.385 e. The summed E-state index contributed by atoms with van der Waals surface area (Å²) in [5.74, 6) is 0.939. The summed E-state index contributed by atoms with van der Waals surface area (Å²) >= 11 is 0. The summed E-state index contributed by atoms with van der Waals surface area (Å²) in [6.07, 6.45) is 4.23. The molecule has 2 aromatic rings. The van der Waals surface area contributed by atoms with Gasteiger partial charge in [0, 0.05) is 25.3 Å². The van der Waals surface area contributed by atoms with Gasteiger partial charge in [0.25, 0.3) is 0 Å². The molecule has 2 aliphatic heterocycles. The molecule has 24 heavy (non-hydrogen) atoms. The van der Waals surface area contributed by atoms with Crippen LogP contribution in [0.4, 0.5) is 17.2 Å². The molecule has 0 aliphatic carbocycles. The Bertz CT molecular complexity index is 667. The lowest BCUT2D eigenvalue weighted by Gasteiger charge is -2.28. The van der Waals surface area contributed by atoms with Crippen LogP contribution in [-0.4, -0.2) is 37.8 Å².